The quantitative estimate of drug-likeness (QED) is 0.459. The first-order valence-electron chi connectivity index (χ1n) is 13.6. The summed E-state index contributed by atoms with van der Waals surface area (Å²) in [6, 6.07) is 13.0. The molecule has 2 aromatic carbocycles. The monoisotopic (exact) mass is 571 g/mol. The van der Waals surface area contributed by atoms with Gasteiger partial charge in [-0.05, 0) is 42.7 Å². The van der Waals surface area contributed by atoms with Crippen LogP contribution in [0.4, 0.5) is 0 Å². The van der Waals surface area contributed by atoms with Crippen molar-refractivity contribution in [1.82, 2.24) is 14.5 Å². The van der Waals surface area contributed by atoms with E-state index in [0.29, 0.717) is 5.75 Å². The number of rotatable bonds is 9. The van der Waals surface area contributed by atoms with Crippen LogP contribution in [0.3, 0.4) is 0 Å². The number of nitrogens with zero attached hydrogens (tertiary/aromatic N) is 2. The first-order valence-corrected chi connectivity index (χ1v) is 15.1. The number of methoxy groups -OCH3 is 2. The molecule has 4 rings (SSSR count). The Labute approximate surface area is 235 Å². The van der Waals surface area contributed by atoms with Gasteiger partial charge in [0.25, 0.3) is 0 Å². The molecule has 2 unspecified atom stereocenters. The number of hydrogen-bond donors (Lipinski definition) is 1. The van der Waals surface area contributed by atoms with Crippen molar-refractivity contribution in [2.45, 2.75) is 55.5 Å². The largest absolute Gasteiger partial charge is 0.497 e. The van der Waals surface area contributed by atoms with Crippen LogP contribution in [-0.2, 0) is 35.6 Å². The molecule has 2 fully saturated rings. The van der Waals surface area contributed by atoms with Crippen molar-refractivity contribution in [2.75, 3.05) is 33.9 Å². The third-order valence-electron chi connectivity index (χ3n) is 7.67. The highest BCUT2D eigenvalue weighted by molar-refractivity contribution is 7.89. The summed E-state index contributed by atoms with van der Waals surface area (Å²) in [4.78, 5) is 41.7. The molecule has 2 amide bonds. The summed E-state index contributed by atoms with van der Waals surface area (Å²) in [5, 5.41) is 2.75. The average molecular weight is 572 g/mol. The van der Waals surface area contributed by atoms with E-state index in [0.717, 1.165) is 37.7 Å². The van der Waals surface area contributed by atoms with Crippen molar-refractivity contribution in [1.29, 1.82) is 0 Å². The predicted molar refractivity (Wildman–Crippen MR) is 148 cm³/mol. The summed E-state index contributed by atoms with van der Waals surface area (Å²) in [6.07, 6.45) is 4.61. The molecule has 1 aliphatic carbocycles. The number of amides is 2. The van der Waals surface area contributed by atoms with E-state index in [1.54, 1.807) is 49.6 Å². The van der Waals surface area contributed by atoms with Gasteiger partial charge in [-0.3, -0.25) is 9.59 Å². The molecule has 2 aromatic rings. The molecule has 1 N–H and O–H groups in total. The zero-order valence-corrected chi connectivity index (χ0v) is 23.8. The standard InChI is InChI=1S/C29H37N3O7S/c1-38-23-15-13-21(14-16-23)19-25(29(35)39-2)30-27(33)26-20-31(40(36,37)24-11-7-4-8-12-24)17-18-32(26)28(34)22-9-5-3-6-10-22/h4,7-8,11-16,22,25-26H,3,5-6,9-10,17-20H2,1-2H3,(H,30,33). The topological polar surface area (TPSA) is 122 Å². The molecule has 1 heterocycles. The molecule has 10 nitrogen and oxygen atoms in total. The molecule has 0 bridgehead atoms. The van der Waals surface area contributed by atoms with Gasteiger partial charge in [0.1, 0.15) is 17.8 Å². The van der Waals surface area contributed by atoms with Crippen molar-refractivity contribution in [3.8, 4) is 5.75 Å². The lowest BCUT2D eigenvalue weighted by Crippen LogP contribution is -2.63. The number of carbonyl (C=O) groups is 3. The SMILES string of the molecule is COC(=O)C(Cc1ccc(OC)cc1)NC(=O)C1CN(S(=O)(=O)c2ccccc2)CCN1C(=O)C1CCCCC1. The van der Waals surface area contributed by atoms with E-state index in [4.69, 9.17) is 9.47 Å². The molecule has 1 aliphatic heterocycles. The summed E-state index contributed by atoms with van der Waals surface area (Å²) in [5.41, 5.74) is 0.767. The molecule has 2 atom stereocenters. The number of ether oxygens (including phenoxy) is 2. The van der Waals surface area contributed by atoms with Crippen molar-refractivity contribution in [3.63, 3.8) is 0 Å². The highest BCUT2D eigenvalue weighted by Gasteiger charge is 2.42. The zero-order chi connectivity index (χ0) is 28.7. The van der Waals surface area contributed by atoms with Crippen LogP contribution >= 0.6 is 0 Å². The summed E-state index contributed by atoms with van der Waals surface area (Å²) in [7, 11) is -1.10. The second kappa shape index (κ2) is 13.3. The third kappa shape index (κ3) is 6.82. The molecule has 1 saturated heterocycles. The Balaban J connectivity index is 1.58. The number of esters is 1. The number of carbonyl (C=O) groups excluding carboxylic acids is 3. The van der Waals surface area contributed by atoms with E-state index in [1.807, 2.05) is 0 Å². The molecule has 0 aromatic heterocycles. The number of hydrogen-bond acceptors (Lipinski definition) is 7. The van der Waals surface area contributed by atoms with Crippen molar-refractivity contribution >= 4 is 27.8 Å². The van der Waals surface area contributed by atoms with Gasteiger partial charge in [-0.1, -0.05) is 49.6 Å². The minimum absolute atomic E-state index is 0.0751. The molecule has 40 heavy (non-hydrogen) atoms. The van der Waals surface area contributed by atoms with Crippen LogP contribution < -0.4 is 10.1 Å². The lowest BCUT2D eigenvalue weighted by Gasteiger charge is -2.42. The summed E-state index contributed by atoms with van der Waals surface area (Å²) in [6.45, 7) is -0.0510. The molecular weight excluding hydrogens is 534 g/mol. The smallest absolute Gasteiger partial charge is 0.328 e. The fourth-order valence-electron chi connectivity index (χ4n) is 5.39. The van der Waals surface area contributed by atoms with Crippen LogP contribution in [0, 0.1) is 5.92 Å². The van der Waals surface area contributed by atoms with Gasteiger partial charge in [0.15, 0.2) is 0 Å². The van der Waals surface area contributed by atoms with Crippen LogP contribution in [0.15, 0.2) is 59.5 Å². The Morgan fingerprint density at radius 2 is 1.62 bits per heavy atom. The second-order valence-corrected chi connectivity index (χ2v) is 12.1. The molecule has 216 valence electrons. The normalized spacial score (nSPS) is 19.4. The third-order valence-corrected chi connectivity index (χ3v) is 9.54. The Morgan fingerprint density at radius 3 is 2.25 bits per heavy atom. The first kappa shape index (κ1) is 29.5. The van der Waals surface area contributed by atoms with Crippen molar-refractivity contribution in [3.05, 3.63) is 60.2 Å². The van der Waals surface area contributed by atoms with Gasteiger partial charge in [-0.25, -0.2) is 13.2 Å². The molecular formula is C29H37N3O7S. The van der Waals surface area contributed by atoms with Gasteiger partial charge in [0, 0.05) is 32.0 Å². The fraction of sp³-hybridized carbons (Fsp3) is 0.483. The van der Waals surface area contributed by atoms with Crippen LogP contribution in [-0.4, -0.2) is 81.3 Å². The Kier molecular flexibility index (Phi) is 9.80. The Morgan fingerprint density at radius 1 is 0.950 bits per heavy atom. The van der Waals surface area contributed by atoms with Crippen molar-refractivity contribution in [2.24, 2.45) is 5.92 Å². The number of piperazine rings is 1. The van der Waals surface area contributed by atoms with Gasteiger partial charge in [0.2, 0.25) is 21.8 Å². The van der Waals surface area contributed by atoms with E-state index in [-0.39, 0.29) is 42.8 Å². The van der Waals surface area contributed by atoms with Gasteiger partial charge in [0.05, 0.1) is 19.1 Å². The van der Waals surface area contributed by atoms with E-state index < -0.39 is 34.0 Å². The zero-order valence-electron chi connectivity index (χ0n) is 23.0. The first-order chi connectivity index (χ1) is 19.2. The highest BCUT2D eigenvalue weighted by Crippen LogP contribution is 2.28. The van der Waals surface area contributed by atoms with E-state index in [1.165, 1.54) is 28.4 Å². The maximum Gasteiger partial charge on any atom is 0.328 e. The lowest BCUT2D eigenvalue weighted by atomic mass is 9.87. The fourth-order valence-corrected chi connectivity index (χ4v) is 6.85. The van der Waals surface area contributed by atoms with Gasteiger partial charge < -0.3 is 19.7 Å². The highest BCUT2D eigenvalue weighted by atomic mass is 32.2. The Bertz CT molecular complexity index is 1280. The minimum Gasteiger partial charge on any atom is -0.497 e. The van der Waals surface area contributed by atoms with Crippen LogP contribution in [0.2, 0.25) is 0 Å². The maximum absolute atomic E-state index is 13.8. The molecule has 1 saturated carbocycles. The van der Waals surface area contributed by atoms with Crippen LogP contribution in [0.1, 0.15) is 37.7 Å². The van der Waals surface area contributed by atoms with Crippen LogP contribution in [0.25, 0.3) is 0 Å². The molecule has 11 heteroatoms. The number of nitrogens with one attached hydrogen (secondary N) is 1. The average Bonchev–Trinajstić information content (AvgIpc) is 3.00. The maximum atomic E-state index is 13.8. The summed E-state index contributed by atoms with van der Waals surface area (Å²) in [5.74, 6) is -0.917. The Hall–Kier alpha value is -3.44. The molecule has 2 aliphatic rings. The van der Waals surface area contributed by atoms with Gasteiger partial charge in [-0.15, -0.1) is 0 Å². The van der Waals surface area contributed by atoms with Crippen molar-refractivity contribution < 1.29 is 32.3 Å². The van der Waals surface area contributed by atoms with E-state index in [2.05, 4.69) is 5.32 Å². The predicted octanol–water partition coefficient (Wildman–Crippen LogP) is 2.38. The number of benzene rings is 2. The second-order valence-electron chi connectivity index (χ2n) is 10.2. The summed E-state index contributed by atoms with van der Waals surface area (Å²) < 4.78 is 38.2. The van der Waals surface area contributed by atoms with Gasteiger partial charge in [-0.2, -0.15) is 4.31 Å². The van der Waals surface area contributed by atoms with Crippen LogP contribution in [0.5, 0.6) is 5.75 Å². The minimum atomic E-state index is -3.90. The number of sulfonamides is 1. The molecule has 0 radical (unpaired) electrons. The van der Waals surface area contributed by atoms with Gasteiger partial charge >= 0.3 is 5.97 Å². The van der Waals surface area contributed by atoms with E-state index >= 15 is 0 Å². The lowest BCUT2D eigenvalue weighted by molar-refractivity contribution is -0.149. The summed E-state index contributed by atoms with van der Waals surface area (Å²) >= 11 is 0. The van der Waals surface area contributed by atoms with E-state index in [9.17, 15) is 22.8 Å². The molecule has 0 spiro atoms.